The second kappa shape index (κ2) is 9.09. The summed E-state index contributed by atoms with van der Waals surface area (Å²) < 4.78 is 33.0. The molecule has 166 valence electrons. The van der Waals surface area contributed by atoms with E-state index < -0.39 is 5.82 Å². The molecule has 8 nitrogen and oxygen atoms in total. The number of rotatable bonds is 8. The summed E-state index contributed by atoms with van der Waals surface area (Å²) in [6.45, 7) is 0.913. The Morgan fingerprint density at radius 3 is 2.76 bits per heavy atom. The van der Waals surface area contributed by atoms with Gasteiger partial charge >= 0.3 is 0 Å². The second-order valence-electron chi connectivity index (χ2n) is 7.17. The fraction of sp³-hybridized carbons (Fsp3) is 0.125. The molecule has 0 aliphatic heterocycles. The van der Waals surface area contributed by atoms with Crippen molar-refractivity contribution in [3.8, 4) is 17.2 Å². The maximum absolute atomic E-state index is 14.8. The molecule has 2 aromatic carbocycles. The van der Waals surface area contributed by atoms with Gasteiger partial charge < -0.3 is 23.9 Å². The first-order chi connectivity index (χ1) is 16.2. The number of nitrogens with zero attached hydrogens (tertiary/aromatic N) is 4. The van der Waals surface area contributed by atoms with Gasteiger partial charge in [0.25, 0.3) is 0 Å². The molecule has 0 radical (unpaired) electrons. The van der Waals surface area contributed by atoms with Gasteiger partial charge in [-0.3, -0.25) is 0 Å². The highest BCUT2D eigenvalue weighted by Gasteiger charge is 2.10. The van der Waals surface area contributed by atoms with Gasteiger partial charge in [-0.1, -0.05) is 0 Å². The fourth-order valence-corrected chi connectivity index (χ4v) is 3.35. The highest BCUT2D eigenvalue weighted by molar-refractivity contribution is 5.91. The number of benzene rings is 2. The SMILES string of the molecule is COCCOc1ccc2ncnc(Nc3ccc(Oc4ccn5ccnc5c4)c(F)c3)c2c1. The number of hydrogen-bond donors (Lipinski definition) is 1. The van der Waals surface area contributed by atoms with Crippen LogP contribution in [0.15, 0.2) is 73.4 Å². The molecule has 0 aliphatic carbocycles. The van der Waals surface area contributed by atoms with Crippen LogP contribution in [0.3, 0.4) is 0 Å². The maximum Gasteiger partial charge on any atom is 0.167 e. The van der Waals surface area contributed by atoms with Crippen LogP contribution < -0.4 is 14.8 Å². The highest BCUT2D eigenvalue weighted by atomic mass is 19.1. The minimum Gasteiger partial charge on any atom is -0.491 e. The summed E-state index contributed by atoms with van der Waals surface area (Å²) in [5.41, 5.74) is 1.98. The summed E-state index contributed by atoms with van der Waals surface area (Å²) in [7, 11) is 1.62. The van der Waals surface area contributed by atoms with Gasteiger partial charge in [-0.05, 0) is 36.4 Å². The molecular formula is C24H20FN5O3. The second-order valence-corrected chi connectivity index (χ2v) is 7.17. The molecule has 3 aromatic heterocycles. The molecule has 1 N–H and O–H groups in total. The minimum absolute atomic E-state index is 0.109. The van der Waals surface area contributed by atoms with E-state index in [-0.39, 0.29) is 5.75 Å². The Morgan fingerprint density at radius 2 is 1.88 bits per heavy atom. The molecular weight excluding hydrogens is 425 g/mol. The van der Waals surface area contributed by atoms with Crippen LogP contribution in [-0.4, -0.2) is 39.7 Å². The zero-order chi connectivity index (χ0) is 22.6. The number of fused-ring (bicyclic) bond motifs is 2. The van der Waals surface area contributed by atoms with E-state index in [9.17, 15) is 4.39 Å². The summed E-state index contributed by atoms with van der Waals surface area (Å²) in [6.07, 6.45) is 6.77. The van der Waals surface area contributed by atoms with E-state index in [1.165, 1.54) is 12.4 Å². The third-order valence-electron chi connectivity index (χ3n) is 4.95. The Labute approximate surface area is 188 Å². The summed E-state index contributed by atoms with van der Waals surface area (Å²) in [4.78, 5) is 12.8. The van der Waals surface area contributed by atoms with Crippen molar-refractivity contribution in [2.45, 2.75) is 0 Å². The van der Waals surface area contributed by atoms with Gasteiger partial charge in [0.05, 0.1) is 12.1 Å². The number of ether oxygens (including phenoxy) is 3. The van der Waals surface area contributed by atoms with E-state index in [4.69, 9.17) is 14.2 Å². The lowest BCUT2D eigenvalue weighted by molar-refractivity contribution is 0.146. The smallest absolute Gasteiger partial charge is 0.167 e. The number of imidazole rings is 1. The largest absolute Gasteiger partial charge is 0.491 e. The van der Waals surface area contributed by atoms with Crippen LogP contribution in [0.1, 0.15) is 0 Å². The van der Waals surface area contributed by atoms with Crippen LogP contribution in [0, 0.1) is 5.82 Å². The number of methoxy groups -OCH3 is 1. The molecule has 0 saturated heterocycles. The summed E-state index contributed by atoms with van der Waals surface area (Å²) >= 11 is 0. The molecule has 0 aliphatic rings. The monoisotopic (exact) mass is 445 g/mol. The number of nitrogens with one attached hydrogen (secondary N) is 1. The molecule has 0 saturated carbocycles. The van der Waals surface area contributed by atoms with Crippen molar-refractivity contribution in [2.24, 2.45) is 0 Å². The topological polar surface area (TPSA) is 82.8 Å². The molecule has 0 fully saturated rings. The average Bonchev–Trinajstić information content (AvgIpc) is 3.29. The third kappa shape index (κ3) is 4.53. The summed E-state index contributed by atoms with van der Waals surface area (Å²) in [5.74, 6) is 1.30. The van der Waals surface area contributed by atoms with Crippen LogP contribution in [0.2, 0.25) is 0 Å². The van der Waals surface area contributed by atoms with Crippen LogP contribution in [-0.2, 0) is 4.74 Å². The Hall–Kier alpha value is -4.24. The first kappa shape index (κ1) is 20.7. The summed E-state index contributed by atoms with van der Waals surface area (Å²) in [6, 6.07) is 13.7. The van der Waals surface area contributed by atoms with Crippen molar-refractivity contribution in [3.63, 3.8) is 0 Å². The fourth-order valence-electron chi connectivity index (χ4n) is 3.35. The average molecular weight is 445 g/mol. The lowest BCUT2D eigenvalue weighted by Crippen LogP contribution is -2.04. The molecule has 3 heterocycles. The minimum atomic E-state index is -0.509. The number of aromatic nitrogens is 4. The van der Waals surface area contributed by atoms with Crippen LogP contribution in [0.25, 0.3) is 16.6 Å². The van der Waals surface area contributed by atoms with Gasteiger partial charge in [-0.15, -0.1) is 0 Å². The van der Waals surface area contributed by atoms with Crippen molar-refractivity contribution >= 4 is 28.1 Å². The molecule has 5 rings (SSSR count). The standard InChI is InChI=1S/C24H20FN5O3/c1-31-10-11-32-17-3-4-21-19(13-17)24(28-15-27-21)29-16-2-5-22(20(25)12-16)33-18-6-8-30-9-7-26-23(30)14-18/h2-9,12-15H,10-11H2,1H3,(H,27,28,29). The Kier molecular flexibility index (Phi) is 5.69. The predicted molar refractivity (Wildman–Crippen MR) is 122 cm³/mol. The normalized spacial score (nSPS) is 11.1. The van der Waals surface area contributed by atoms with Gasteiger partial charge in [-0.25, -0.2) is 19.3 Å². The van der Waals surface area contributed by atoms with E-state index in [0.29, 0.717) is 41.9 Å². The van der Waals surface area contributed by atoms with Gasteiger partial charge in [0.15, 0.2) is 11.6 Å². The van der Waals surface area contributed by atoms with E-state index in [1.54, 1.807) is 43.8 Å². The molecule has 0 atom stereocenters. The molecule has 33 heavy (non-hydrogen) atoms. The van der Waals surface area contributed by atoms with Crippen molar-refractivity contribution in [2.75, 3.05) is 25.6 Å². The van der Waals surface area contributed by atoms with Gasteiger partial charge in [0.2, 0.25) is 0 Å². The Bertz CT molecular complexity index is 1420. The van der Waals surface area contributed by atoms with Gasteiger partial charge in [0, 0.05) is 48.9 Å². The number of hydrogen-bond acceptors (Lipinski definition) is 7. The first-order valence-electron chi connectivity index (χ1n) is 10.2. The van der Waals surface area contributed by atoms with Gasteiger partial charge in [0.1, 0.15) is 35.9 Å². The molecule has 5 aromatic rings. The maximum atomic E-state index is 14.8. The molecule has 0 amide bonds. The zero-order valence-electron chi connectivity index (χ0n) is 17.7. The lowest BCUT2D eigenvalue weighted by atomic mass is 10.2. The first-order valence-corrected chi connectivity index (χ1v) is 10.2. The Morgan fingerprint density at radius 1 is 0.939 bits per heavy atom. The van der Waals surface area contributed by atoms with E-state index in [0.717, 1.165) is 10.9 Å². The predicted octanol–water partition coefficient (Wildman–Crippen LogP) is 4.98. The van der Waals surface area contributed by atoms with Crippen molar-refractivity contribution in [3.05, 3.63) is 79.3 Å². The van der Waals surface area contributed by atoms with Crippen LogP contribution >= 0.6 is 0 Å². The quantitative estimate of drug-likeness (QED) is 0.337. The number of anilines is 2. The lowest BCUT2D eigenvalue weighted by Gasteiger charge is -2.12. The number of pyridine rings is 1. The van der Waals surface area contributed by atoms with Crippen LogP contribution in [0.4, 0.5) is 15.9 Å². The highest BCUT2D eigenvalue weighted by Crippen LogP contribution is 2.30. The molecule has 9 heteroatoms. The zero-order valence-corrected chi connectivity index (χ0v) is 17.7. The molecule has 0 unspecified atom stereocenters. The van der Waals surface area contributed by atoms with Crippen molar-refractivity contribution < 1.29 is 18.6 Å². The van der Waals surface area contributed by atoms with Gasteiger partial charge in [-0.2, -0.15) is 0 Å². The number of halogens is 1. The summed E-state index contributed by atoms with van der Waals surface area (Å²) in [5, 5.41) is 3.90. The van der Waals surface area contributed by atoms with E-state index >= 15 is 0 Å². The van der Waals surface area contributed by atoms with Crippen LogP contribution in [0.5, 0.6) is 17.2 Å². The molecule has 0 spiro atoms. The van der Waals surface area contributed by atoms with E-state index in [1.807, 2.05) is 28.8 Å². The van der Waals surface area contributed by atoms with E-state index in [2.05, 4.69) is 20.3 Å². The van der Waals surface area contributed by atoms with Crippen molar-refractivity contribution in [1.82, 2.24) is 19.4 Å². The molecule has 0 bridgehead atoms. The Balaban J connectivity index is 1.36. The third-order valence-corrected chi connectivity index (χ3v) is 4.95. The van der Waals surface area contributed by atoms with Crippen molar-refractivity contribution in [1.29, 1.82) is 0 Å².